The van der Waals surface area contributed by atoms with Crippen LogP contribution in [0.4, 0.5) is 0 Å². The molecule has 0 bridgehead atoms. The van der Waals surface area contributed by atoms with Gasteiger partial charge < -0.3 is 4.90 Å². The van der Waals surface area contributed by atoms with Crippen LogP contribution in [0.25, 0.3) is 0 Å². The molecular formula is C18H22N2O2S. The molecule has 23 heavy (non-hydrogen) atoms. The van der Waals surface area contributed by atoms with Gasteiger partial charge in [0.05, 0.1) is 4.90 Å². The second-order valence-corrected chi connectivity index (χ2v) is 7.73. The molecule has 5 heteroatoms. The fourth-order valence-corrected chi connectivity index (χ4v) is 4.31. The van der Waals surface area contributed by atoms with Crippen LogP contribution in [-0.2, 0) is 16.4 Å². The van der Waals surface area contributed by atoms with Crippen molar-refractivity contribution in [3.05, 3.63) is 66.2 Å². The lowest BCUT2D eigenvalue weighted by Gasteiger charge is -2.34. The van der Waals surface area contributed by atoms with Gasteiger partial charge in [0.15, 0.2) is 0 Å². The van der Waals surface area contributed by atoms with E-state index in [1.165, 1.54) is 5.56 Å². The molecule has 0 aromatic heterocycles. The zero-order chi connectivity index (χ0) is 16.1. The minimum atomic E-state index is -3.35. The summed E-state index contributed by atoms with van der Waals surface area (Å²) in [4.78, 5) is 2.72. The van der Waals surface area contributed by atoms with Crippen LogP contribution in [-0.4, -0.2) is 50.3 Å². The zero-order valence-corrected chi connectivity index (χ0v) is 14.0. The highest BCUT2D eigenvalue weighted by atomic mass is 32.2. The highest BCUT2D eigenvalue weighted by molar-refractivity contribution is 7.89. The van der Waals surface area contributed by atoms with E-state index >= 15 is 0 Å². The number of benzene rings is 2. The molecule has 0 saturated carbocycles. The summed E-state index contributed by atoms with van der Waals surface area (Å²) in [7, 11) is -3.35. The Balaban J connectivity index is 1.54. The molecule has 1 heterocycles. The second kappa shape index (κ2) is 7.25. The summed E-state index contributed by atoms with van der Waals surface area (Å²) < 4.78 is 26.8. The van der Waals surface area contributed by atoms with Crippen molar-refractivity contribution in [2.45, 2.75) is 11.3 Å². The molecule has 1 aliphatic rings. The molecule has 4 nitrogen and oxygen atoms in total. The zero-order valence-electron chi connectivity index (χ0n) is 13.1. The monoisotopic (exact) mass is 330 g/mol. The van der Waals surface area contributed by atoms with Crippen molar-refractivity contribution in [3.63, 3.8) is 0 Å². The normalized spacial score (nSPS) is 17.2. The minimum absolute atomic E-state index is 0.387. The Bertz CT molecular complexity index is 709. The first kappa shape index (κ1) is 16.2. The van der Waals surface area contributed by atoms with Gasteiger partial charge in [-0.1, -0.05) is 48.5 Å². The lowest BCUT2D eigenvalue weighted by atomic mass is 10.1. The highest BCUT2D eigenvalue weighted by Crippen LogP contribution is 2.17. The molecular weight excluding hydrogens is 308 g/mol. The van der Waals surface area contributed by atoms with Crippen molar-refractivity contribution in [2.24, 2.45) is 0 Å². The molecule has 0 atom stereocenters. The number of sulfonamides is 1. The van der Waals surface area contributed by atoms with Crippen molar-refractivity contribution < 1.29 is 8.42 Å². The molecule has 0 unspecified atom stereocenters. The molecule has 122 valence electrons. The topological polar surface area (TPSA) is 40.6 Å². The fraction of sp³-hybridized carbons (Fsp3) is 0.333. The Morgan fingerprint density at radius 1 is 0.783 bits per heavy atom. The third-order valence-electron chi connectivity index (χ3n) is 4.27. The van der Waals surface area contributed by atoms with E-state index in [4.69, 9.17) is 0 Å². The molecule has 0 radical (unpaired) electrons. The first-order chi connectivity index (χ1) is 11.2. The van der Waals surface area contributed by atoms with Crippen molar-refractivity contribution in [1.29, 1.82) is 0 Å². The van der Waals surface area contributed by atoms with E-state index in [2.05, 4.69) is 29.2 Å². The van der Waals surface area contributed by atoms with E-state index < -0.39 is 10.0 Å². The highest BCUT2D eigenvalue weighted by Gasteiger charge is 2.27. The lowest BCUT2D eigenvalue weighted by Crippen LogP contribution is -2.48. The maximum atomic E-state index is 12.6. The van der Waals surface area contributed by atoms with Gasteiger partial charge in [0.25, 0.3) is 0 Å². The summed E-state index contributed by atoms with van der Waals surface area (Å²) >= 11 is 0. The lowest BCUT2D eigenvalue weighted by molar-refractivity contribution is 0.190. The van der Waals surface area contributed by atoms with Crippen molar-refractivity contribution in [2.75, 3.05) is 32.7 Å². The average molecular weight is 330 g/mol. The average Bonchev–Trinajstić information content (AvgIpc) is 2.62. The molecule has 0 amide bonds. The Hall–Kier alpha value is -1.69. The van der Waals surface area contributed by atoms with Gasteiger partial charge >= 0.3 is 0 Å². The van der Waals surface area contributed by atoms with Crippen molar-refractivity contribution in [1.82, 2.24) is 9.21 Å². The van der Waals surface area contributed by atoms with E-state index in [9.17, 15) is 8.42 Å². The Morgan fingerprint density at radius 3 is 1.96 bits per heavy atom. The van der Waals surface area contributed by atoms with Gasteiger partial charge in [-0.15, -0.1) is 0 Å². The van der Waals surface area contributed by atoms with Gasteiger partial charge in [0.1, 0.15) is 0 Å². The molecule has 0 aliphatic carbocycles. The Morgan fingerprint density at radius 2 is 1.35 bits per heavy atom. The standard InChI is InChI=1S/C18H22N2O2S/c21-23(22,18-9-5-2-6-10-18)20-15-13-19(14-16-20)12-11-17-7-3-1-4-8-17/h1-10H,11-16H2. The van der Waals surface area contributed by atoms with Crippen LogP contribution in [0.3, 0.4) is 0 Å². The van der Waals surface area contributed by atoms with Crippen LogP contribution in [0.1, 0.15) is 5.56 Å². The van der Waals surface area contributed by atoms with Gasteiger partial charge in [0.2, 0.25) is 10.0 Å². The summed E-state index contributed by atoms with van der Waals surface area (Å²) in [6.45, 7) is 3.68. The predicted octanol–water partition coefficient (Wildman–Crippen LogP) is 2.24. The quantitative estimate of drug-likeness (QED) is 0.844. The molecule has 1 fully saturated rings. The first-order valence-corrected chi connectivity index (χ1v) is 9.42. The smallest absolute Gasteiger partial charge is 0.243 e. The maximum Gasteiger partial charge on any atom is 0.243 e. The summed E-state index contributed by atoms with van der Waals surface area (Å²) in [5.74, 6) is 0. The van der Waals surface area contributed by atoms with E-state index in [-0.39, 0.29) is 0 Å². The number of hydrogen-bond acceptors (Lipinski definition) is 3. The number of piperazine rings is 1. The molecule has 0 N–H and O–H groups in total. The fourth-order valence-electron chi connectivity index (χ4n) is 2.87. The first-order valence-electron chi connectivity index (χ1n) is 7.98. The third-order valence-corrected chi connectivity index (χ3v) is 6.18. The van der Waals surface area contributed by atoms with Crippen LogP contribution in [0.2, 0.25) is 0 Å². The molecule has 0 spiro atoms. The molecule has 3 rings (SSSR count). The predicted molar refractivity (Wildman–Crippen MR) is 91.8 cm³/mol. The van der Waals surface area contributed by atoms with Crippen LogP contribution in [0.15, 0.2) is 65.6 Å². The Kier molecular flexibility index (Phi) is 5.10. The van der Waals surface area contributed by atoms with Crippen molar-refractivity contribution >= 4 is 10.0 Å². The molecule has 1 saturated heterocycles. The summed E-state index contributed by atoms with van der Waals surface area (Å²) in [6.07, 6.45) is 1.01. The summed E-state index contributed by atoms with van der Waals surface area (Å²) in [5.41, 5.74) is 1.33. The second-order valence-electron chi connectivity index (χ2n) is 5.79. The Labute approximate surface area is 138 Å². The van der Waals surface area contributed by atoms with E-state index in [1.54, 1.807) is 28.6 Å². The van der Waals surface area contributed by atoms with Gasteiger partial charge in [-0.3, -0.25) is 0 Å². The van der Waals surface area contributed by atoms with E-state index in [0.717, 1.165) is 26.1 Å². The minimum Gasteiger partial charge on any atom is -0.300 e. The summed E-state index contributed by atoms with van der Waals surface area (Å²) in [5, 5.41) is 0. The van der Waals surface area contributed by atoms with Crippen LogP contribution in [0, 0.1) is 0 Å². The van der Waals surface area contributed by atoms with Gasteiger partial charge in [-0.25, -0.2) is 8.42 Å². The van der Waals surface area contributed by atoms with Crippen LogP contribution in [0.5, 0.6) is 0 Å². The largest absolute Gasteiger partial charge is 0.300 e. The maximum absolute atomic E-state index is 12.6. The van der Waals surface area contributed by atoms with Gasteiger partial charge in [0, 0.05) is 32.7 Å². The van der Waals surface area contributed by atoms with Crippen molar-refractivity contribution in [3.8, 4) is 0 Å². The molecule has 2 aromatic carbocycles. The van der Waals surface area contributed by atoms with Crippen LogP contribution < -0.4 is 0 Å². The number of hydrogen-bond donors (Lipinski definition) is 0. The molecule has 2 aromatic rings. The van der Waals surface area contributed by atoms with Gasteiger partial charge in [-0.2, -0.15) is 4.31 Å². The van der Waals surface area contributed by atoms with E-state index in [0.29, 0.717) is 18.0 Å². The summed E-state index contributed by atoms with van der Waals surface area (Å²) in [6, 6.07) is 19.1. The van der Waals surface area contributed by atoms with Crippen LogP contribution >= 0.6 is 0 Å². The van der Waals surface area contributed by atoms with E-state index in [1.807, 2.05) is 12.1 Å². The SMILES string of the molecule is O=S(=O)(c1ccccc1)N1CCN(CCc2ccccc2)CC1. The molecule has 1 aliphatic heterocycles. The number of nitrogens with zero attached hydrogens (tertiary/aromatic N) is 2. The number of rotatable bonds is 5. The van der Waals surface area contributed by atoms with Gasteiger partial charge in [-0.05, 0) is 24.1 Å². The third kappa shape index (κ3) is 3.99.